The first-order valence-electron chi connectivity index (χ1n) is 15.2. The first kappa shape index (κ1) is 36.1. The van der Waals surface area contributed by atoms with Crippen molar-refractivity contribution in [2.75, 3.05) is 13.2 Å². The molecule has 2 amide bonds. The average Bonchev–Trinajstić information content (AvgIpc) is 2.89. The van der Waals surface area contributed by atoms with Crippen LogP contribution in [0.3, 0.4) is 0 Å². The van der Waals surface area contributed by atoms with Crippen molar-refractivity contribution in [3.05, 3.63) is 59.4 Å². The normalized spacial score (nSPS) is 11.2. The Morgan fingerprint density at radius 2 is 1.50 bits per heavy atom. The van der Waals surface area contributed by atoms with Gasteiger partial charge in [0.15, 0.2) is 11.9 Å². The number of aryl methyl sites for hydroxylation is 2. The Morgan fingerprint density at radius 3 is 2.08 bits per heavy atom. The smallest absolute Gasteiger partial charge is 0.260 e. The first-order valence-corrected chi connectivity index (χ1v) is 15.2. The number of pyridine rings is 1. The van der Waals surface area contributed by atoms with Crippen molar-refractivity contribution in [1.29, 1.82) is 0 Å². The molecular formula is C34H53IN2O3. The molecule has 0 fully saturated rings. The zero-order valence-corrected chi connectivity index (χ0v) is 28.1. The number of imide groups is 1. The van der Waals surface area contributed by atoms with Crippen LogP contribution in [0.25, 0.3) is 0 Å². The third-order valence-corrected chi connectivity index (χ3v) is 7.39. The summed E-state index contributed by atoms with van der Waals surface area (Å²) >= 11 is 0. The van der Waals surface area contributed by atoms with Gasteiger partial charge in [0.2, 0.25) is 5.91 Å². The van der Waals surface area contributed by atoms with Crippen LogP contribution in [0.4, 0.5) is 0 Å². The highest BCUT2D eigenvalue weighted by atomic mass is 127. The van der Waals surface area contributed by atoms with E-state index in [-0.39, 0.29) is 41.2 Å². The molecule has 0 aliphatic rings. The van der Waals surface area contributed by atoms with Gasteiger partial charge in [-0.1, -0.05) is 91.5 Å². The highest BCUT2D eigenvalue weighted by Crippen LogP contribution is 2.33. The zero-order chi connectivity index (χ0) is 28.7. The zero-order valence-electron chi connectivity index (χ0n) is 25.9. The van der Waals surface area contributed by atoms with E-state index in [1.165, 1.54) is 75.3 Å². The second-order valence-electron chi connectivity index (χ2n) is 11.9. The van der Waals surface area contributed by atoms with E-state index in [1.54, 1.807) is 6.07 Å². The van der Waals surface area contributed by atoms with Gasteiger partial charge in [0.1, 0.15) is 12.8 Å². The molecule has 0 atom stereocenters. The molecule has 0 aliphatic carbocycles. The summed E-state index contributed by atoms with van der Waals surface area (Å²) in [7, 11) is 2.01. The Labute approximate surface area is 261 Å². The van der Waals surface area contributed by atoms with Gasteiger partial charge < -0.3 is 28.7 Å². The van der Waals surface area contributed by atoms with Crippen LogP contribution in [0.5, 0.6) is 5.75 Å². The van der Waals surface area contributed by atoms with Crippen LogP contribution in [0.2, 0.25) is 0 Å². The number of carbonyl (C=O) groups excluding carboxylic acids is 2. The lowest BCUT2D eigenvalue weighted by Gasteiger charge is -2.25. The van der Waals surface area contributed by atoms with Crippen molar-refractivity contribution >= 4 is 11.8 Å². The topological polar surface area (TPSA) is 50.5 Å². The Balaban J connectivity index is 0.00000800. The molecule has 0 aliphatic heterocycles. The lowest BCUT2D eigenvalue weighted by atomic mass is 9.85. The van der Waals surface area contributed by atoms with Gasteiger partial charge in [-0.3, -0.25) is 14.5 Å². The monoisotopic (exact) mass is 664 g/mol. The maximum atomic E-state index is 13.4. The summed E-state index contributed by atoms with van der Waals surface area (Å²) in [6, 6.07) is 11.7. The molecule has 0 N–H and O–H groups in total. The highest BCUT2D eigenvalue weighted by Gasteiger charge is 2.25. The third-order valence-electron chi connectivity index (χ3n) is 7.39. The number of amides is 2. The van der Waals surface area contributed by atoms with Gasteiger partial charge in [0, 0.05) is 43.1 Å². The predicted octanol–water partition coefficient (Wildman–Crippen LogP) is 4.73. The van der Waals surface area contributed by atoms with E-state index in [4.69, 9.17) is 4.74 Å². The van der Waals surface area contributed by atoms with E-state index in [2.05, 4.69) is 38.3 Å². The summed E-state index contributed by atoms with van der Waals surface area (Å²) in [5.41, 5.74) is 2.52. The maximum Gasteiger partial charge on any atom is 0.260 e. The summed E-state index contributed by atoms with van der Waals surface area (Å²) in [5, 5.41) is 0. The molecule has 0 bridgehead atoms. The number of hydrogen-bond donors (Lipinski definition) is 0. The van der Waals surface area contributed by atoms with Crippen molar-refractivity contribution in [3.63, 3.8) is 0 Å². The number of aromatic nitrogens is 1. The number of ether oxygens (including phenoxy) is 1. The largest absolute Gasteiger partial charge is 1.00 e. The third kappa shape index (κ3) is 12.7. The fraction of sp³-hybridized carbons (Fsp3) is 0.618. The molecule has 1 aromatic heterocycles. The van der Waals surface area contributed by atoms with Gasteiger partial charge in [-0.15, -0.1) is 0 Å². The number of benzene rings is 1. The molecule has 2 rings (SSSR count). The number of hydrogen-bond acceptors (Lipinski definition) is 3. The molecule has 6 heteroatoms. The van der Waals surface area contributed by atoms with Crippen molar-refractivity contribution in [2.45, 2.75) is 117 Å². The summed E-state index contributed by atoms with van der Waals surface area (Å²) in [5.74, 6) is 0.364. The van der Waals surface area contributed by atoms with Gasteiger partial charge in [-0.05, 0) is 36.5 Å². The second-order valence-corrected chi connectivity index (χ2v) is 11.9. The number of rotatable bonds is 17. The van der Waals surface area contributed by atoms with Crippen molar-refractivity contribution in [1.82, 2.24) is 4.90 Å². The standard InChI is InChI=1S/C34H53N2O3.HI/c1-7-8-9-10-11-12-13-14-15-18-26-39-32-23-22-29(27-31(32)34(3,4)5)33(38)36(28(2)37)25-19-21-30-20-16-17-24-35(30)6;/h16-17,20,22-24,27H,7-15,18-19,21,25-26H2,1-6H3;1H/q+1;/p-1. The summed E-state index contributed by atoms with van der Waals surface area (Å²) < 4.78 is 8.28. The molecule has 5 nitrogen and oxygen atoms in total. The second kappa shape index (κ2) is 19.2. The molecule has 0 spiro atoms. The summed E-state index contributed by atoms with van der Waals surface area (Å²) in [6.45, 7) is 11.2. The van der Waals surface area contributed by atoms with Crippen LogP contribution in [0.15, 0.2) is 42.6 Å². The van der Waals surface area contributed by atoms with Gasteiger partial charge in [-0.25, -0.2) is 4.57 Å². The van der Waals surface area contributed by atoms with Crippen LogP contribution >= 0.6 is 0 Å². The lowest BCUT2D eigenvalue weighted by molar-refractivity contribution is -0.679. The Morgan fingerprint density at radius 1 is 0.875 bits per heavy atom. The minimum Gasteiger partial charge on any atom is -1.00 e. The number of halogens is 1. The average molecular weight is 665 g/mol. The van der Waals surface area contributed by atoms with Crippen LogP contribution < -0.4 is 33.3 Å². The van der Waals surface area contributed by atoms with Gasteiger partial charge in [0.25, 0.3) is 5.91 Å². The van der Waals surface area contributed by atoms with E-state index in [0.717, 1.165) is 30.6 Å². The maximum absolute atomic E-state index is 13.4. The number of unbranched alkanes of at least 4 members (excludes halogenated alkanes) is 9. The van der Waals surface area contributed by atoms with E-state index in [9.17, 15) is 9.59 Å². The number of carbonyl (C=O) groups is 2. The molecule has 0 saturated carbocycles. The van der Waals surface area contributed by atoms with E-state index in [1.807, 2.05) is 37.5 Å². The SMILES string of the molecule is CCCCCCCCCCCCOc1ccc(C(=O)N(CCCc2cccc[n+]2C)C(C)=O)cc1C(C)(C)C.[I-]. The van der Waals surface area contributed by atoms with Crippen molar-refractivity contribution < 1.29 is 42.9 Å². The fourth-order valence-electron chi connectivity index (χ4n) is 4.94. The van der Waals surface area contributed by atoms with Gasteiger partial charge in [0.05, 0.1) is 6.61 Å². The van der Waals surface area contributed by atoms with E-state index in [0.29, 0.717) is 18.7 Å². The quantitative estimate of drug-likeness (QED) is 0.140. The van der Waals surface area contributed by atoms with Crippen molar-refractivity contribution in [2.24, 2.45) is 7.05 Å². The Kier molecular flexibility index (Phi) is 17.3. The van der Waals surface area contributed by atoms with Crippen LogP contribution in [0, 0.1) is 0 Å². The fourth-order valence-corrected chi connectivity index (χ4v) is 4.94. The molecule has 0 saturated heterocycles. The van der Waals surface area contributed by atoms with E-state index < -0.39 is 0 Å². The van der Waals surface area contributed by atoms with Crippen LogP contribution in [-0.2, 0) is 23.7 Å². The molecule has 1 aromatic carbocycles. The highest BCUT2D eigenvalue weighted by molar-refractivity contribution is 6.04. The minimum absolute atomic E-state index is 0. The molecule has 224 valence electrons. The van der Waals surface area contributed by atoms with Gasteiger partial charge in [-0.2, -0.15) is 0 Å². The summed E-state index contributed by atoms with van der Waals surface area (Å²) in [6.07, 6.45) is 16.5. The molecule has 1 heterocycles. The Hall–Kier alpha value is -1.96. The van der Waals surface area contributed by atoms with E-state index >= 15 is 0 Å². The predicted molar refractivity (Wildman–Crippen MR) is 160 cm³/mol. The van der Waals surface area contributed by atoms with Gasteiger partial charge >= 0.3 is 0 Å². The molecule has 2 aromatic rings. The Bertz CT molecular complexity index is 1030. The number of nitrogens with zero attached hydrogens (tertiary/aromatic N) is 2. The van der Waals surface area contributed by atoms with Crippen LogP contribution in [-0.4, -0.2) is 29.9 Å². The minimum atomic E-state index is -0.244. The van der Waals surface area contributed by atoms with Crippen molar-refractivity contribution in [3.8, 4) is 5.75 Å². The lowest BCUT2D eigenvalue weighted by Crippen LogP contribution is -3.00. The molecule has 0 radical (unpaired) electrons. The first-order chi connectivity index (χ1) is 18.6. The molecule has 40 heavy (non-hydrogen) atoms. The molecule has 0 unspecified atom stereocenters. The van der Waals surface area contributed by atoms with Crippen LogP contribution in [0.1, 0.15) is 127 Å². The molecular weight excluding hydrogens is 611 g/mol. The summed E-state index contributed by atoms with van der Waals surface area (Å²) in [4.78, 5) is 27.2.